The molecule has 1 amide bonds. The molecule has 0 aliphatic carbocycles. The average molecular weight is 354 g/mol. The Bertz CT molecular complexity index is 646. The van der Waals surface area contributed by atoms with Gasteiger partial charge in [-0.05, 0) is 48.7 Å². The molecule has 0 fully saturated rings. The molecule has 0 atom stereocenters. The highest BCUT2D eigenvalue weighted by Crippen LogP contribution is 2.16. The number of amides is 1. The van der Waals surface area contributed by atoms with E-state index in [-0.39, 0.29) is 5.56 Å². The van der Waals surface area contributed by atoms with Gasteiger partial charge in [-0.25, -0.2) is 8.78 Å². The first-order valence-electron chi connectivity index (χ1n) is 6.51. The lowest BCUT2D eigenvalue weighted by Gasteiger charge is -2.08. The lowest BCUT2D eigenvalue weighted by atomic mass is 10.1. The van der Waals surface area contributed by atoms with Crippen LogP contribution in [0.1, 0.15) is 22.3 Å². The van der Waals surface area contributed by atoms with Crippen LogP contribution < -0.4 is 5.32 Å². The van der Waals surface area contributed by atoms with Gasteiger partial charge in [0.15, 0.2) is 0 Å². The van der Waals surface area contributed by atoms with Gasteiger partial charge in [0.2, 0.25) is 0 Å². The topological polar surface area (TPSA) is 29.1 Å². The fraction of sp³-hybridized carbons (Fsp3) is 0.188. The van der Waals surface area contributed by atoms with Gasteiger partial charge in [-0.15, -0.1) is 0 Å². The zero-order valence-electron chi connectivity index (χ0n) is 11.2. The summed E-state index contributed by atoms with van der Waals surface area (Å²) in [4.78, 5) is 12.0. The number of anilines is 1. The van der Waals surface area contributed by atoms with Crippen molar-refractivity contribution in [2.75, 3.05) is 10.6 Å². The van der Waals surface area contributed by atoms with E-state index < -0.39 is 17.5 Å². The smallest absolute Gasteiger partial charge is 0.258 e. The maximum absolute atomic E-state index is 13.5. The quantitative estimate of drug-likeness (QED) is 0.785. The molecule has 0 saturated carbocycles. The Morgan fingerprint density at radius 2 is 1.95 bits per heavy atom. The van der Waals surface area contributed by atoms with Crippen molar-refractivity contribution in [3.8, 4) is 0 Å². The van der Waals surface area contributed by atoms with Crippen molar-refractivity contribution < 1.29 is 13.6 Å². The van der Waals surface area contributed by atoms with Gasteiger partial charge in [-0.3, -0.25) is 4.79 Å². The van der Waals surface area contributed by atoms with E-state index in [1.54, 1.807) is 6.07 Å². The van der Waals surface area contributed by atoms with Crippen LogP contribution >= 0.6 is 15.9 Å². The van der Waals surface area contributed by atoms with Crippen LogP contribution in [-0.4, -0.2) is 11.2 Å². The molecule has 0 aromatic heterocycles. The summed E-state index contributed by atoms with van der Waals surface area (Å²) in [5.41, 5.74) is 1.34. The van der Waals surface area contributed by atoms with Crippen LogP contribution in [0.4, 0.5) is 14.5 Å². The Hall–Kier alpha value is -1.75. The van der Waals surface area contributed by atoms with E-state index in [2.05, 4.69) is 21.2 Å². The molecule has 0 unspecified atom stereocenters. The van der Waals surface area contributed by atoms with Crippen LogP contribution in [0.15, 0.2) is 42.5 Å². The van der Waals surface area contributed by atoms with Crippen LogP contribution in [-0.2, 0) is 6.42 Å². The zero-order chi connectivity index (χ0) is 15.2. The minimum atomic E-state index is -0.746. The first-order valence-corrected chi connectivity index (χ1v) is 7.63. The molecule has 0 bridgehead atoms. The van der Waals surface area contributed by atoms with Gasteiger partial charge in [0, 0.05) is 11.0 Å². The highest BCUT2D eigenvalue weighted by molar-refractivity contribution is 9.09. The molecule has 0 radical (unpaired) electrons. The van der Waals surface area contributed by atoms with E-state index in [1.807, 2.05) is 18.2 Å². The number of aryl methyl sites for hydroxylation is 1. The Kier molecular flexibility index (Phi) is 5.44. The SMILES string of the molecule is O=C(Nc1cccc(CCCBr)c1)c1cc(F)ccc1F. The van der Waals surface area contributed by atoms with Gasteiger partial charge in [0.1, 0.15) is 11.6 Å². The van der Waals surface area contributed by atoms with Crippen molar-refractivity contribution in [1.29, 1.82) is 0 Å². The number of hydrogen-bond donors (Lipinski definition) is 1. The van der Waals surface area contributed by atoms with E-state index in [1.165, 1.54) is 0 Å². The third-order valence-corrected chi connectivity index (χ3v) is 3.52. The molecule has 0 aliphatic heterocycles. The van der Waals surface area contributed by atoms with E-state index in [0.29, 0.717) is 5.69 Å². The summed E-state index contributed by atoms with van der Waals surface area (Å²) in [6.45, 7) is 0. The monoisotopic (exact) mass is 353 g/mol. The number of rotatable bonds is 5. The van der Waals surface area contributed by atoms with Gasteiger partial charge in [-0.1, -0.05) is 28.1 Å². The zero-order valence-corrected chi connectivity index (χ0v) is 12.8. The lowest BCUT2D eigenvalue weighted by Crippen LogP contribution is -2.14. The standard InChI is InChI=1S/C16H14BrF2NO/c17-8-2-4-11-3-1-5-13(9-11)20-16(21)14-10-12(18)6-7-15(14)19/h1,3,5-7,9-10H,2,4,8H2,(H,20,21). The fourth-order valence-corrected chi connectivity index (χ4v) is 2.23. The van der Waals surface area contributed by atoms with Crippen LogP contribution in [0.3, 0.4) is 0 Å². The van der Waals surface area contributed by atoms with Gasteiger partial charge < -0.3 is 5.32 Å². The Morgan fingerprint density at radius 1 is 1.14 bits per heavy atom. The summed E-state index contributed by atoms with van der Waals surface area (Å²) in [7, 11) is 0. The van der Waals surface area contributed by atoms with Crippen LogP contribution in [0.25, 0.3) is 0 Å². The lowest BCUT2D eigenvalue weighted by molar-refractivity contribution is 0.102. The van der Waals surface area contributed by atoms with Gasteiger partial charge in [-0.2, -0.15) is 0 Å². The number of benzene rings is 2. The highest BCUT2D eigenvalue weighted by Gasteiger charge is 2.13. The number of hydrogen-bond acceptors (Lipinski definition) is 1. The summed E-state index contributed by atoms with van der Waals surface area (Å²) in [6, 6.07) is 10.1. The first kappa shape index (κ1) is 15.6. The number of nitrogens with one attached hydrogen (secondary N) is 1. The second-order valence-electron chi connectivity index (χ2n) is 4.57. The summed E-state index contributed by atoms with van der Waals surface area (Å²) in [5.74, 6) is -2.05. The van der Waals surface area contributed by atoms with E-state index in [9.17, 15) is 13.6 Å². The highest BCUT2D eigenvalue weighted by atomic mass is 79.9. The van der Waals surface area contributed by atoms with Crippen molar-refractivity contribution >= 4 is 27.5 Å². The first-order chi connectivity index (χ1) is 10.1. The number of alkyl halides is 1. The maximum atomic E-state index is 13.5. The van der Waals surface area contributed by atoms with Gasteiger partial charge in [0.05, 0.1) is 5.56 Å². The number of carbonyl (C=O) groups is 1. The third-order valence-electron chi connectivity index (χ3n) is 2.96. The molecule has 0 spiro atoms. The molecule has 2 aromatic carbocycles. The van der Waals surface area contributed by atoms with Crippen LogP contribution in [0.2, 0.25) is 0 Å². The Balaban J connectivity index is 2.14. The number of carbonyl (C=O) groups excluding carboxylic acids is 1. The number of halogens is 3. The Labute approximate surface area is 130 Å². The maximum Gasteiger partial charge on any atom is 0.258 e. The predicted octanol–water partition coefficient (Wildman–Crippen LogP) is 4.54. The summed E-state index contributed by atoms with van der Waals surface area (Å²) in [6.07, 6.45) is 1.86. The summed E-state index contributed by atoms with van der Waals surface area (Å²) in [5, 5.41) is 3.49. The van der Waals surface area contributed by atoms with Crippen molar-refractivity contribution in [3.05, 3.63) is 65.2 Å². The Morgan fingerprint density at radius 3 is 2.71 bits per heavy atom. The average Bonchev–Trinajstić information content (AvgIpc) is 2.48. The van der Waals surface area contributed by atoms with Gasteiger partial charge >= 0.3 is 0 Å². The van der Waals surface area contributed by atoms with Crippen molar-refractivity contribution in [3.63, 3.8) is 0 Å². The molecule has 0 heterocycles. The van der Waals surface area contributed by atoms with E-state index in [4.69, 9.17) is 0 Å². The molecule has 2 aromatic rings. The predicted molar refractivity (Wildman–Crippen MR) is 82.9 cm³/mol. The summed E-state index contributed by atoms with van der Waals surface area (Å²) >= 11 is 3.36. The third kappa shape index (κ3) is 4.36. The largest absolute Gasteiger partial charge is 0.322 e. The molecule has 1 N–H and O–H groups in total. The van der Waals surface area contributed by atoms with E-state index >= 15 is 0 Å². The molecule has 2 nitrogen and oxygen atoms in total. The van der Waals surface area contributed by atoms with Crippen LogP contribution in [0, 0.1) is 11.6 Å². The van der Waals surface area contributed by atoms with Crippen molar-refractivity contribution in [2.45, 2.75) is 12.8 Å². The normalized spacial score (nSPS) is 10.4. The van der Waals surface area contributed by atoms with Crippen LogP contribution in [0.5, 0.6) is 0 Å². The van der Waals surface area contributed by atoms with Gasteiger partial charge in [0.25, 0.3) is 5.91 Å². The minimum Gasteiger partial charge on any atom is -0.322 e. The molecule has 21 heavy (non-hydrogen) atoms. The van der Waals surface area contributed by atoms with Crippen molar-refractivity contribution in [2.24, 2.45) is 0 Å². The molecule has 2 rings (SSSR count). The molecule has 0 aliphatic rings. The summed E-state index contributed by atoms with van der Waals surface area (Å²) < 4.78 is 26.6. The fourth-order valence-electron chi connectivity index (χ4n) is 1.95. The van der Waals surface area contributed by atoms with E-state index in [0.717, 1.165) is 41.9 Å². The minimum absolute atomic E-state index is 0.305. The molecule has 110 valence electrons. The second kappa shape index (κ2) is 7.31. The molecular formula is C16H14BrF2NO. The second-order valence-corrected chi connectivity index (χ2v) is 5.36. The molecule has 5 heteroatoms. The molecule has 0 saturated heterocycles. The van der Waals surface area contributed by atoms with Crippen molar-refractivity contribution in [1.82, 2.24) is 0 Å². The molecular weight excluding hydrogens is 340 g/mol.